The molecule has 2 aliphatic heterocycles. The van der Waals surface area contributed by atoms with Crippen molar-refractivity contribution in [2.75, 3.05) is 6.54 Å². The summed E-state index contributed by atoms with van der Waals surface area (Å²) in [5, 5.41) is 0. The summed E-state index contributed by atoms with van der Waals surface area (Å²) in [7, 11) is 0. The highest BCUT2D eigenvalue weighted by Gasteiger charge is 2.38. The summed E-state index contributed by atoms with van der Waals surface area (Å²) >= 11 is 0. The molecule has 96 valence electrons. The maximum absolute atomic E-state index is 2.57. The second kappa shape index (κ2) is 3.93. The largest absolute Gasteiger partial charge is 0.208 e. The third-order valence-electron chi connectivity index (χ3n) is 4.80. The number of hydrogen-bond donors (Lipinski definition) is 0. The van der Waals surface area contributed by atoms with Crippen molar-refractivity contribution in [3.63, 3.8) is 0 Å². The quantitative estimate of drug-likeness (QED) is 0.612. The summed E-state index contributed by atoms with van der Waals surface area (Å²) in [6.45, 7) is 5.72. The van der Waals surface area contributed by atoms with Gasteiger partial charge >= 0.3 is 0 Å². The van der Waals surface area contributed by atoms with Gasteiger partial charge in [-0.05, 0) is 31.3 Å². The molecule has 1 nitrogen and oxygen atoms in total. The lowest BCUT2D eigenvalue weighted by molar-refractivity contribution is -0.429. The summed E-state index contributed by atoms with van der Waals surface area (Å²) in [5.41, 5.74) is 9.33. The van der Waals surface area contributed by atoms with Gasteiger partial charge in [0.15, 0.2) is 12.3 Å². The first-order valence-corrected chi connectivity index (χ1v) is 7.36. The van der Waals surface area contributed by atoms with E-state index in [0.717, 1.165) is 6.54 Å². The Morgan fingerprint density at radius 2 is 1.95 bits per heavy atom. The molecule has 1 unspecified atom stereocenters. The SMILES string of the molecule is CC1=CC(C)CC2=C1C[N+]1=C2CCc2ccccc21. The number of para-hydroxylation sites is 1. The van der Waals surface area contributed by atoms with Crippen molar-refractivity contribution in [1.82, 2.24) is 0 Å². The highest BCUT2D eigenvalue weighted by Crippen LogP contribution is 2.39. The molecule has 0 fully saturated rings. The summed E-state index contributed by atoms with van der Waals surface area (Å²) in [5.74, 6) is 0.698. The summed E-state index contributed by atoms with van der Waals surface area (Å²) in [6.07, 6.45) is 6.11. The minimum absolute atomic E-state index is 0.698. The van der Waals surface area contributed by atoms with Gasteiger partial charge in [0.2, 0.25) is 5.69 Å². The predicted molar refractivity (Wildman–Crippen MR) is 79.1 cm³/mol. The second-order valence-corrected chi connectivity index (χ2v) is 6.15. The minimum Gasteiger partial charge on any atom is -0.191 e. The Morgan fingerprint density at radius 1 is 1.11 bits per heavy atom. The Morgan fingerprint density at radius 3 is 2.84 bits per heavy atom. The van der Waals surface area contributed by atoms with Gasteiger partial charge in [-0.15, -0.1) is 0 Å². The molecule has 0 saturated carbocycles. The van der Waals surface area contributed by atoms with Crippen molar-refractivity contribution in [1.29, 1.82) is 0 Å². The Bertz CT molecular complexity index is 658. The van der Waals surface area contributed by atoms with E-state index >= 15 is 0 Å². The monoisotopic (exact) mass is 250 g/mol. The fourth-order valence-corrected chi connectivity index (χ4v) is 3.95. The Balaban J connectivity index is 1.84. The van der Waals surface area contributed by atoms with Crippen LogP contribution in [0.15, 0.2) is 47.1 Å². The van der Waals surface area contributed by atoms with Crippen LogP contribution in [0.1, 0.15) is 32.3 Å². The smallest absolute Gasteiger partial charge is 0.191 e. The molecule has 0 N–H and O–H groups in total. The fourth-order valence-electron chi connectivity index (χ4n) is 3.95. The van der Waals surface area contributed by atoms with Gasteiger partial charge in [0.25, 0.3) is 0 Å². The normalized spacial score (nSPS) is 24.9. The topological polar surface area (TPSA) is 3.01 Å². The summed E-state index contributed by atoms with van der Waals surface area (Å²) < 4.78 is 2.57. The first kappa shape index (κ1) is 11.2. The highest BCUT2D eigenvalue weighted by molar-refractivity contribution is 6.01. The number of hydrogen-bond acceptors (Lipinski definition) is 0. The van der Waals surface area contributed by atoms with Crippen LogP contribution in [0.3, 0.4) is 0 Å². The predicted octanol–water partition coefficient (Wildman–Crippen LogP) is 4.01. The van der Waals surface area contributed by atoms with Crippen molar-refractivity contribution in [2.45, 2.75) is 33.1 Å². The lowest BCUT2D eigenvalue weighted by atomic mass is 9.84. The van der Waals surface area contributed by atoms with Crippen LogP contribution in [-0.2, 0) is 6.42 Å². The standard InChI is InChI=1S/C18H20N/c1-12-9-13(2)16-11-19-17-6-4-3-5-14(17)7-8-18(19)15(16)10-12/h3-6,9,12H,7-8,10-11H2,1-2H3/q+1. The lowest BCUT2D eigenvalue weighted by Gasteiger charge is -2.17. The van der Waals surface area contributed by atoms with Crippen molar-refractivity contribution in [3.05, 3.63) is 52.6 Å². The fraction of sp³-hybridized carbons (Fsp3) is 0.389. The number of allylic oxidation sites excluding steroid dienone is 2. The summed E-state index contributed by atoms with van der Waals surface area (Å²) in [4.78, 5) is 0. The zero-order valence-electron chi connectivity index (χ0n) is 11.7. The van der Waals surface area contributed by atoms with Gasteiger partial charge in [-0.2, -0.15) is 4.58 Å². The molecule has 1 aliphatic carbocycles. The van der Waals surface area contributed by atoms with Crippen molar-refractivity contribution in [3.8, 4) is 0 Å². The van der Waals surface area contributed by atoms with E-state index in [-0.39, 0.29) is 0 Å². The van der Waals surface area contributed by atoms with Gasteiger partial charge in [-0.1, -0.05) is 31.2 Å². The van der Waals surface area contributed by atoms with E-state index in [1.165, 1.54) is 36.1 Å². The molecule has 1 aromatic rings. The maximum Gasteiger partial charge on any atom is 0.208 e. The Hall–Kier alpha value is -1.63. The van der Waals surface area contributed by atoms with Crippen LogP contribution >= 0.6 is 0 Å². The average Bonchev–Trinajstić information content (AvgIpc) is 2.78. The van der Waals surface area contributed by atoms with E-state index in [9.17, 15) is 0 Å². The van der Waals surface area contributed by atoms with Gasteiger partial charge in [-0.3, -0.25) is 0 Å². The number of fused-ring (bicyclic) bond motifs is 3. The van der Waals surface area contributed by atoms with Gasteiger partial charge in [-0.25, -0.2) is 0 Å². The first-order valence-electron chi connectivity index (χ1n) is 7.36. The molecule has 0 aromatic heterocycles. The van der Waals surface area contributed by atoms with E-state index in [1.807, 2.05) is 0 Å². The molecule has 3 aliphatic rings. The van der Waals surface area contributed by atoms with Gasteiger partial charge in [0.05, 0.1) is 0 Å². The highest BCUT2D eigenvalue weighted by atomic mass is 15.1. The van der Waals surface area contributed by atoms with E-state index in [2.05, 4.69) is 48.8 Å². The number of rotatable bonds is 0. The second-order valence-electron chi connectivity index (χ2n) is 6.15. The lowest BCUT2D eigenvalue weighted by Crippen LogP contribution is -2.20. The van der Waals surface area contributed by atoms with E-state index in [1.54, 1.807) is 16.9 Å². The summed E-state index contributed by atoms with van der Waals surface area (Å²) in [6, 6.07) is 8.91. The van der Waals surface area contributed by atoms with Crippen molar-refractivity contribution in [2.24, 2.45) is 5.92 Å². The Labute approximate surface area is 115 Å². The molecule has 0 amide bonds. The van der Waals surface area contributed by atoms with E-state index in [0.29, 0.717) is 5.92 Å². The number of nitrogens with zero attached hydrogens (tertiary/aromatic N) is 1. The van der Waals surface area contributed by atoms with E-state index in [4.69, 9.17) is 0 Å². The molecule has 0 spiro atoms. The minimum atomic E-state index is 0.698. The molecule has 1 atom stereocenters. The third kappa shape index (κ3) is 1.57. The van der Waals surface area contributed by atoms with Gasteiger partial charge in [0.1, 0.15) is 0 Å². The molecular formula is C18H20N+. The van der Waals surface area contributed by atoms with Crippen molar-refractivity contribution < 1.29 is 4.58 Å². The van der Waals surface area contributed by atoms with E-state index < -0.39 is 0 Å². The Kier molecular flexibility index (Phi) is 2.32. The number of benzene rings is 1. The van der Waals surface area contributed by atoms with Crippen LogP contribution in [0.2, 0.25) is 0 Å². The zero-order valence-corrected chi connectivity index (χ0v) is 11.7. The molecule has 1 heteroatoms. The average molecular weight is 250 g/mol. The van der Waals surface area contributed by atoms with Gasteiger partial charge in [0, 0.05) is 29.2 Å². The first-order chi connectivity index (χ1) is 9.24. The molecule has 2 heterocycles. The molecule has 0 bridgehead atoms. The molecule has 19 heavy (non-hydrogen) atoms. The van der Waals surface area contributed by atoms with Crippen LogP contribution in [-0.4, -0.2) is 16.8 Å². The van der Waals surface area contributed by atoms with Crippen LogP contribution in [0, 0.1) is 5.92 Å². The molecule has 1 aromatic carbocycles. The van der Waals surface area contributed by atoms with Crippen LogP contribution in [0.5, 0.6) is 0 Å². The van der Waals surface area contributed by atoms with Crippen LogP contribution in [0.4, 0.5) is 5.69 Å². The van der Waals surface area contributed by atoms with Gasteiger partial charge < -0.3 is 0 Å². The molecular weight excluding hydrogens is 230 g/mol. The number of aryl methyl sites for hydroxylation is 1. The van der Waals surface area contributed by atoms with Crippen molar-refractivity contribution >= 4 is 11.4 Å². The maximum atomic E-state index is 2.57. The van der Waals surface area contributed by atoms with Crippen LogP contribution in [0.25, 0.3) is 0 Å². The molecule has 0 radical (unpaired) electrons. The zero-order chi connectivity index (χ0) is 13.0. The van der Waals surface area contributed by atoms with Crippen LogP contribution < -0.4 is 0 Å². The third-order valence-corrected chi connectivity index (χ3v) is 4.80. The molecule has 0 saturated heterocycles. The molecule has 4 rings (SSSR count).